The van der Waals surface area contributed by atoms with Crippen LogP contribution in [0.1, 0.15) is 21.5 Å². The molecule has 0 unspecified atom stereocenters. The predicted octanol–water partition coefficient (Wildman–Crippen LogP) is 5.02. The molecule has 0 spiro atoms. The van der Waals surface area contributed by atoms with Gasteiger partial charge in [0.25, 0.3) is 0 Å². The van der Waals surface area contributed by atoms with E-state index in [1.54, 1.807) is 18.2 Å². The van der Waals surface area contributed by atoms with Gasteiger partial charge in [0.2, 0.25) is 0 Å². The fourth-order valence-corrected chi connectivity index (χ4v) is 3.02. The van der Waals surface area contributed by atoms with E-state index in [0.717, 1.165) is 24.3 Å². The summed E-state index contributed by atoms with van der Waals surface area (Å²) in [6.07, 6.45) is 1.88. The second-order valence-electron chi connectivity index (χ2n) is 6.03. The molecule has 0 aliphatic carbocycles. The number of aromatic carboxylic acids is 1. The number of carbonyl (C=O) groups is 1. The van der Waals surface area contributed by atoms with E-state index in [1.807, 2.05) is 36.4 Å². The number of ether oxygens (including phenoxy) is 1. The Labute approximate surface area is 145 Å². The van der Waals surface area contributed by atoms with Crippen molar-refractivity contribution in [3.8, 4) is 11.5 Å². The summed E-state index contributed by atoms with van der Waals surface area (Å²) in [5.74, 6) is 0.282. The molecule has 4 nitrogen and oxygen atoms in total. The first kappa shape index (κ1) is 15.3. The maximum atomic E-state index is 11.4. The normalized spacial score (nSPS) is 11.7. The van der Waals surface area contributed by atoms with E-state index in [-0.39, 0.29) is 5.56 Å². The number of para-hydroxylation sites is 1. The van der Waals surface area contributed by atoms with Crippen molar-refractivity contribution < 1.29 is 14.6 Å². The molecule has 3 aromatic carbocycles. The van der Waals surface area contributed by atoms with Gasteiger partial charge in [-0.05, 0) is 48.2 Å². The average Bonchev–Trinajstić information content (AvgIpc) is 2.64. The van der Waals surface area contributed by atoms with Crippen LogP contribution in [0.5, 0.6) is 11.5 Å². The predicted molar refractivity (Wildman–Crippen MR) is 97.1 cm³/mol. The van der Waals surface area contributed by atoms with Crippen LogP contribution in [0, 0.1) is 0 Å². The number of fused-ring (bicyclic) bond motifs is 2. The van der Waals surface area contributed by atoms with Gasteiger partial charge in [0, 0.05) is 0 Å². The van der Waals surface area contributed by atoms with Crippen molar-refractivity contribution in [3.05, 3.63) is 83.4 Å². The summed E-state index contributed by atoms with van der Waals surface area (Å²) in [5, 5.41) is 12.5. The number of hydrogen-bond donors (Lipinski definition) is 2. The second-order valence-corrected chi connectivity index (χ2v) is 6.03. The molecule has 4 rings (SSSR count). The number of aryl methyl sites for hydroxylation is 2. The first-order valence-corrected chi connectivity index (χ1v) is 8.19. The average molecular weight is 331 g/mol. The third-order valence-electron chi connectivity index (χ3n) is 4.33. The third kappa shape index (κ3) is 3.06. The summed E-state index contributed by atoms with van der Waals surface area (Å²) in [5.41, 5.74) is 3.97. The molecule has 0 aromatic heterocycles. The monoisotopic (exact) mass is 331 g/mol. The summed E-state index contributed by atoms with van der Waals surface area (Å²) in [6, 6.07) is 21.4. The number of rotatable bonds is 4. The van der Waals surface area contributed by atoms with Crippen molar-refractivity contribution in [2.45, 2.75) is 12.8 Å². The zero-order chi connectivity index (χ0) is 17.2. The van der Waals surface area contributed by atoms with Gasteiger partial charge in [-0.15, -0.1) is 0 Å². The highest BCUT2D eigenvalue weighted by Gasteiger charge is 2.22. The molecule has 1 heterocycles. The molecule has 25 heavy (non-hydrogen) atoms. The summed E-state index contributed by atoms with van der Waals surface area (Å²) in [6.45, 7) is 0. The van der Waals surface area contributed by atoms with E-state index in [2.05, 4.69) is 17.4 Å². The largest absolute Gasteiger partial charge is 0.478 e. The van der Waals surface area contributed by atoms with Crippen LogP contribution >= 0.6 is 0 Å². The maximum absolute atomic E-state index is 11.4. The van der Waals surface area contributed by atoms with Gasteiger partial charge in [0.1, 0.15) is 0 Å². The molecule has 0 amide bonds. The van der Waals surface area contributed by atoms with Crippen molar-refractivity contribution in [1.29, 1.82) is 0 Å². The Kier molecular flexibility index (Phi) is 3.86. The van der Waals surface area contributed by atoms with Crippen LogP contribution in [0.3, 0.4) is 0 Å². The Morgan fingerprint density at radius 2 is 1.68 bits per heavy atom. The maximum Gasteiger partial charge on any atom is 0.337 e. The molecule has 124 valence electrons. The van der Waals surface area contributed by atoms with E-state index < -0.39 is 5.97 Å². The molecule has 0 radical (unpaired) electrons. The summed E-state index contributed by atoms with van der Waals surface area (Å²) >= 11 is 0. The molecule has 0 fully saturated rings. The summed E-state index contributed by atoms with van der Waals surface area (Å²) in [4.78, 5) is 11.4. The summed E-state index contributed by atoms with van der Waals surface area (Å²) < 4.78 is 5.94. The molecule has 0 saturated carbocycles. The number of nitrogens with one attached hydrogen (secondary N) is 1. The molecule has 1 aliphatic rings. The molecular formula is C21H17NO3. The lowest BCUT2D eigenvalue weighted by Crippen LogP contribution is -2.09. The van der Waals surface area contributed by atoms with Crippen molar-refractivity contribution >= 4 is 17.3 Å². The lowest BCUT2D eigenvalue weighted by atomic mass is 10.0. The fourth-order valence-electron chi connectivity index (χ4n) is 3.02. The van der Waals surface area contributed by atoms with Crippen LogP contribution in [0.2, 0.25) is 0 Å². The van der Waals surface area contributed by atoms with Gasteiger partial charge in [-0.25, -0.2) is 4.79 Å². The van der Waals surface area contributed by atoms with Crippen LogP contribution in [0.15, 0.2) is 66.7 Å². The Morgan fingerprint density at radius 1 is 0.880 bits per heavy atom. The minimum Gasteiger partial charge on any atom is -0.478 e. The lowest BCUT2D eigenvalue weighted by Gasteiger charge is -2.23. The molecule has 0 atom stereocenters. The minimum absolute atomic E-state index is 0.205. The van der Waals surface area contributed by atoms with Gasteiger partial charge in [0.05, 0.1) is 16.9 Å². The van der Waals surface area contributed by atoms with Crippen molar-refractivity contribution in [3.63, 3.8) is 0 Å². The van der Waals surface area contributed by atoms with E-state index >= 15 is 0 Å². The van der Waals surface area contributed by atoms with E-state index in [1.165, 1.54) is 11.1 Å². The number of benzene rings is 3. The SMILES string of the molecule is O=C(O)c1cccc2c1Nc1ccc(CCc3ccccc3)cc1O2. The smallest absolute Gasteiger partial charge is 0.337 e. The fraction of sp³-hybridized carbons (Fsp3) is 0.0952. The Hall–Kier alpha value is -3.27. The quantitative estimate of drug-likeness (QED) is 0.551. The van der Waals surface area contributed by atoms with Gasteiger partial charge in [-0.1, -0.05) is 42.5 Å². The van der Waals surface area contributed by atoms with Crippen LogP contribution in [-0.2, 0) is 12.8 Å². The van der Waals surface area contributed by atoms with Gasteiger partial charge in [-0.2, -0.15) is 0 Å². The molecule has 0 saturated heterocycles. The highest BCUT2D eigenvalue weighted by atomic mass is 16.5. The van der Waals surface area contributed by atoms with E-state index in [4.69, 9.17) is 4.74 Å². The molecule has 1 aliphatic heterocycles. The molecule has 0 bridgehead atoms. The van der Waals surface area contributed by atoms with Crippen LogP contribution in [0.25, 0.3) is 0 Å². The Balaban J connectivity index is 1.57. The highest BCUT2D eigenvalue weighted by Crippen LogP contribution is 2.43. The first-order chi connectivity index (χ1) is 12.2. The molecule has 4 heteroatoms. The third-order valence-corrected chi connectivity index (χ3v) is 4.33. The molecular weight excluding hydrogens is 314 g/mol. The zero-order valence-electron chi connectivity index (χ0n) is 13.5. The van der Waals surface area contributed by atoms with Crippen LogP contribution in [0.4, 0.5) is 11.4 Å². The second kappa shape index (κ2) is 6.32. The lowest BCUT2D eigenvalue weighted by molar-refractivity contribution is 0.0697. The van der Waals surface area contributed by atoms with Crippen LogP contribution in [-0.4, -0.2) is 11.1 Å². The summed E-state index contributed by atoms with van der Waals surface area (Å²) in [7, 11) is 0. The number of carboxylic acids is 1. The Bertz CT molecular complexity index is 935. The molecule has 2 N–H and O–H groups in total. The van der Waals surface area contributed by atoms with Crippen LogP contribution < -0.4 is 10.1 Å². The molecule has 3 aromatic rings. The minimum atomic E-state index is -0.976. The van der Waals surface area contributed by atoms with Gasteiger partial charge >= 0.3 is 5.97 Å². The highest BCUT2D eigenvalue weighted by molar-refractivity contribution is 5.98. The van der Waals surface area contributed by atoms with E-state index in [9.17, 15) is 9.90 Å². The van der Waals surface area contributed by atoms with Gasteiger partial charge in [-0.3, -0.25) is 0 Å². The first-order valence-electron chi connectivity index (χ1n) is 8.19. The topological polar surface area (TPSA) is 58.6 Å². The van der Waals surface area contributed by atoms with Crippen molar-refractivity contribution in [1.82, 2.24) is 0 Å². The van der Waals surface area contributed by atoms with Gasteiger partial charge in [0.15, 0.2) is 11.5 Å². The zero-order valence-corrected chi connectivity index (χ0v) is 13.5. The number of carboxylic acid groups (broad SMARTS) is 1. The van der Waals surface area contributed by atoms with Crippen molar-refractivity contribution in [2.24, 2.45) is 0 Å². The van der Waals surface area contributed by atoms with Crippen molar-refractivity contribution in [2.75, 3.05) is 5.32 Å². The number of hydrogen-bond acceptors (Lipinski definition) is 3. The van der Waals surface area contributed by atoms with E-state index in [0.29, 0.717) is 11.4 Å². The van der Waals surface area contributed by atoms with Gasteiger partial charge < -0.3 is 15.2 Å². The number of anilines is 2. The Morgan fingerprint density at radius 3 is 2.48 bits per heavy atom. The standard InChI is InChI=1S/C21H17NO3/c23-21(24)16-7-4-8-18-20(16)22-17-12-11-15(13-19(17)25-18)10-9-14-5-2-1-3-6-14/h1-8,11-13,22H,9-10H2,(H,23,24).